The Balaban J connectivity index is 1.53. The second kappa shape index (κ2) is 13.2. The van der Waals surface area contributed by atoms with Crippen molar-refractivity contribution in [1.82, 2.24) is 9.73 Å². The summed E-state index contributed by atoms with van der Waals surface area (Å²) in [5.41, 5.74) is 5.10. The lowest BCUT2D eigenvalue weighted by Crippen LogP contribution is -2.45. The molecule has 0 bridgehead atoms. The minimum absolute atomic E-state index is 0.153. The molecule has 4 rings (SSSR count). The van der Waals surface area contributed by atoms with Crippen molar-refractivity contribution in [3.8, 4) is 16.9 Å². The fraction of sp³-hybridized carbons (Fsp3) is 0.310. The van der Waals surface area contributed by atoms with Crippen molar-refractivity contribution in [1.29, 1.82) is 0 Å². The summed E-state index contributed by atoms with van der Waals surface area (Å²) in [6.07, 6.45) is -3.53. The molecule has 7 nitrogen and oxygen atoms in total. The summed E-state index contributed by atoms with van der Waals surface area (Å²) in [7, 11) is -2.22. The highest BCUT2D eigenvalue weighted by Crippen LogP contribution is 2.38. The van der Waals surface area contributed by atoms with Crippen LogP contribution in [-0.2, 0) is 14.8 Å². The van der Waals surface area contributed by atoms with Gasteiger partial charge in [-0.25, -0.2) is 13.8 Å². The molecule has 1 aliphatic rings. The van der Waals surface area contributed by atoms with Gasteiger partial charge in [-0.3, -0.25) is 5.01 Å². The molecule has 42 heavy (non-hydrogen) atoms. The number of benzene rings is 3. The number of nitrogens with zero attached hydrogens (tertiary/aromatic N) is 2. The summed E-state index contributed by atoms with van der Waals surface area (Å²) in [6, 6.07) is 14.5. The Morgan fingerprint density at radius 3 is 2.33 bits per heavy atom. The van der Waals surface area contributed by atoms with Crippen LogP contribution < -0.4 is 15.2 Å². The molecule has 3 aromatic carbocycles. The Morgan fingerprint density at radius 2 is 1.71 bits per heavy atom. The molecular formula is C29H30Cl2F3N3O4S. The lowest BCUT2D eigenvalue weighted by atomic mass is 10.0. The molecule has 1 unspecified atom stereocenters. The van der Waals surface area contributed by atoms with Crippen LogP contribution in [-0.4, -0.2) is 58.4 Å². The van der Waals surface area contributed by atoms with Gasteiger partial charge < -0.3 is 9.47 Å². The summed E-state index contributed by atoms with van der Waals surface area (Å²) in [6.45, 7) is 4.52. The molecule has 0 radical (unpaired) electrons. The standard InChI is InChI=1S/C29H30Cl2F3N3O4S/c1-4-40-15-14-36(3)42(38,39)23-13-8-19(2)24(17-23)20-9-11-22(12-10-20)41-18-21-16-27(29(32,33)34)35-37(21)28-25(30)6-5-7-26(28)31/h5-13,16-17,27,35H,4,14-15,18H2,1-3H3. The summed E-state index contributed by atoms with van der Waals surface area (Å²) in [5, 5.41) is 1.54. The monoisotopic (exact) mass is 643 g/mol. The summed E-state index contributed by atoms with van der Waals surface area (Å²) < 4.78 is 79.2. The Labute approximate surface area is 253 Å². The first-order chi connectivity index (χ1) is 19.8. The predicted molar refractivity (Wildman–Crippen MR) is 158 cm³/mol. The number of para-hydroxylation sites is 1. The molecule has 1 heterocycles. The van der Waals surface area contributed by atoms with E-state index in [4.69, 9.17) is 32.7 Å². The van der Waals surface area contributed by atoms with E-state index in [-0.39, 0.29) is 39.5 Å². The molecule has 0 spiro atoms. The van der Waals surface area contributed by atoms with Crippen LogP contribution in [0.2, 0.25) is 10.0 Å². The Kier molecular flexibility index (Phi) is 10.1. The van der Waals surface area contributed by atoms with Crippen LogP contribution in [0.15, 0.2) is 77.3 Å². The topological polar surface area (TPSA) is 71.1 Å². The predicted octanol–water partition coefficient (Wildman–Crippen LogP) is 6.84. The van der Waals surface area contributed by atoms with Crippen molar-refractivity contribution in [3.05, 3.63) is 88.0 Å². The number of likely N-dealkylation sites (N-methyl/N-ethyl adjacent to an activating group) is 1. The van der Waals surface area contributed by atoms with Gasteiger partial charge >= 0.3 is 6.18 Å². The number of hydrogen-bond donors (Lipinski definition) is 1. The van der Waals surface area contributed by atoms with Crippen molar-refractivity contribution >= 4 is 38.9 Å². The average Bonchev–Trinajstić information content (AvgIpc) is 3.37. The fourth-order valence-corrected chi connectivity index (χ4v) is 6.06. The van der Waals surface area contributed by atoms with Gasteiger partial charge in [0.15, 0.2) is 0 Å². The van der Waals surface area contributed by atoms with E-state index in [2.05, 4.69) is 5.43 Å². The normalized spacial score (nSPS) is 15.8. The van der Waals surface area contributed by atoms with Crippen LogP contribution in [0.25, 0.3) is 11.1 Å². The zero-order valence-corrected chi connectivity index (χ0v) is 25.4. The molecule has 0 amide bonds. The molecule has 0 aromatic heterocycles. The highest BCUT2D eigenvalue weighted by atomic mass is 35.5. The first kappa shape index (κ1) is 32.1. The van der Waals surface area contributed by atoms with E-state index in [0.29, 0.717) is 19.0 Å². The Bertz CT molecular complexity index is 1530. The van der Waals surface area contributed by atoms with Crippen molar-refractivity contribution in [2.24, 2.45) is 0 Å². The van der Waals surface area contributed by atoms with Gasteiger partial charge in [-0.1, -0.05) is 47.5 Å². The SMILES string of the molecule is CCOCCN(C)S(=O)(=O)c1ccc(C)c(-c2ccc(OCC3=CC(C(F)(F)F)NN3c3c(Cl)cccc3Cl)cc2)c1. The molecule has 0 fully saturated rings. The number of hydrazine groups is 1. The zero-order chi connectivity index (χ0) is 30.7. The minimum atomic E-state index is -4.55. The van der Waals surface area contributed by atoms with E-state index >= 15 is 0 Å². The lowest BCUT2D eigenvalue weighted by Gasteiger charge is -2.26. The van der Waals surface area contributed by atoms with Crippen LogP contribution in [0.3, 0.4) is 0 Å². The lowest BCUT2D eigenvalue weighted by molar-refractivity contribution is -0.142. The maximum absolute atomic E-state index is 13.6. The molecule has 0 aliphatic carbocycles. The number of sulfonamides is 1. The van der Waals surface area contributed by atoms with Gasteiger partial charge in [0.1, 0.15) is 18.4 Å². The molecule has 226 valence electrons. The van der Waals surface area contributed by atoms with Gasteiger partial charge in [-0.15, -0.1) is 0 Å². The first-order valence-electron chi connectivity index (χ1n) is 13.0. The quantitative estimate of drug-likeness (QED) is 0.231. The molecule has 1 N–H and O–H groups in total. The van der Waals surface area contributed by atoms with Gasteiger partial charge in [0, 0.05) is 20.2 Å². The number of nitrogens with one attached hydrogen (secondary N) is 1. The third-order valence-corrected chi connectivity index (χ3v) is 9.11. The number of rotatable bonds is 11. The maximum Gasteiger partial charge on any atom is 0.409 e. The average molecular weight is 645 g/mol. The van der Waals surface area contributed by atoms with Crippen LogP contribution in [0, 0.1) is 6.92 Å². The third-order valence-electron chi connectivity index (χ3n) is 6.65. The fourth-order valence-electron chi connectivity index (χ4n) is 4.32. The number of alkyl halides is 3. The maximum atomic E-state index is 13.6. The smallest absolute Gasteiger partial charge is 0.409 e. The van der Waals surface area contributed by atoms with Crippen LogP contribution in [0.4, 0.5) is 18.9 Å². The van der Waals surface area contributed by atoms with Gasteiger partial charge in [0.2, 0.25) is 10.0 Å². The molecule has 1 atom stereocenters. The third kappa shape index (κ3) is 7.21. The van der Waals surface area contributed by atoms with E-state index in [1.165, 1.54) is 28.5 Å². The first-order valence-corrected chi connectivity index (χ1v) is 15.2. The van der Waals surface area contributed by atoms with Gasteiger partial charge in [-0.2, -0.15) is 17.5 Å². The molecule has 1 aliphatic heterocycles. The highest BCUT2D eigenvalue weighted by Gasteiger charge is 2.44. The molecule has 0 saturated heterocycles. The Morgan fingerprint density at radius 1 is 1.05 bits per heavy atom. The van der Waals surface area contributed by atoms with E-state index in [9.17, 15) is 21.6 Å². The zero-order valence-electron chi connectivity index (χ0n) is 23.1. The van der Waals surface area contributed by atoms with E-state index in [0.717, 1.165) is 22.8 Å². The number of aryl methyl sites for hydroxylation is 1. The van der Waals surface area contributed by atoms with Crippen LogP contribution in [0.5, 0.6) is 5.75 Å². The summed E-state index contributed by atoms with van der Waals surface area (Å²) in [5.74, 6) is 0.400. The van der Waals surface area contributed by atoms with E-state index in [1.54, 1.807) is 48.5 Å². The van der Waals surface area contributed by atoms with Crippen molar-refractivity contribution in [3.63, 3.8) is 0 Å². The summed E-state index contributed by atoms with van der Waals surface area (Å²) >= 11 is 12.5. The Hall–Kier alpha value is -2.80. The van der Waals surface area contributed by atoms with Crippen molar-refractivity contribution < 1.29 is 31.1 Å². The summed E-state index contributed by atoms with van der Waals surface area (Å²) in [4.78, 5) is 0.153. The largest absolute Gasteiger partial charge is 0.487 e. The van der Waals surface area contributed by atoms with E-state index in [1.807, 2.05) is 13.8 Å². The number of hydrogen-bond acceptors (Lipinski definition) is 6. The minimum Gasteiger partial charge on any atom is -0.487 e. The highest BCUT2D eigenvalue weighted by molar-refractivity contribution is 7.89. The molecule has 0 saturated carbocycles. The molecular weight excluding hydrogens is 614 g/mol. The number of anilines is 1. The van der Waals surface area contributed by atoms with Gasteiger partial charge in [0.05, 0.1) is 32.9 Å². The van der Waals surface area contributed by atoms with Gasteiger partial charge in [-0.05, 0) is 73.0 Å². The second-order valence-corrected chi connectivity index (χ2v) is 12.4. The number of ether oxygens (including phenoxy) is 2. The van der Waals surface area contributed by atoms with Crippen LogP contribution in [0.1, 0.15) is 12.5 Å². The van der Waals surface area contributed by atoms with Crippen molar-refractivity contribution in [2.45, 2.75) is 31.0 Å². The van der Waals surface area contributed by atoms with Crippen LogP contribution >= 0.6 is 23.2 Å². The van der Waals surface area contributed by atoms with E-state index < -0.39 is 22.2 Å². The molecule has 13 heteroatoms. The van der Waals surface area contributed by atoms with Crippen molar-refractivity contribution in [2.75, 3.05) is 38.4 Å². The number of halogens is 5. The second-order valence-electron chi connectivity index (χ2n) is 9.53. The molecule has 3 aromatic rings. The van der Waals surface area contributed by atoms with Gasteiger partial charge in [0.25, 0.3) is 0 Å².